The molecule has 4 aromatic rings. The molecule has 2 aromatic heterocycles. The van der Waals surface area contributed by atoms with Crippen molar-refractivity contribution in [2.24, 2.45) is 0 Å². The maximum atomic E-state index is 11.7. The lowest BCUT2D eigenvalue weighted by Crippen LogP contribution is -2.43. The van der Waals surface area contributed by atoms with Gasteiger partial charge in [-0.25, -0.2) is 5.10 Å². The van der Waals surface area contributed by atoms with Crippen LogP contribution in [0, 0.1) is 12.3 Å². The minimum atomic E-state index is -0.375. The molecule has 3 N–H and O–H groups in total. The van der Waals surface area contributed by atoms with Gasteiger partial charge in [0.2, 0.25) is 6.33 Å². The van der Waals surface area contributed by atoms with Gasteiger partial charge in [-0.15, -0.1) is 6.42 Å². The number of para-hydroxylation sites is 1. The fourth-order valence-electron chi connectivity index (χ4n) is 3.22. The Labute approximate surface area is 179 Å². The summed E-state index contributed by atoms with van der Waals surface area (Å²) in [6.45, 7) is 0.878. The molecule has 0 fully saturated rings. The van der Waals surface area contributed by atoms with Gasteiger partial charge in [0.1, 0.15) is 34.9 Å². The summed E-state index contributed by atoms with van der Waals surface area (Å²) in [7, 11) is 1.66. The van der Waals surface area contributed by atoms with E-state index in [1.165, 1.54) is 11.2 Å². The van der Waals surface area contributed by atoms with Crippen LogP contribution in [0.3, 0.4) is 0 Å². The molecule has 8 heteroatoms. The highest BCUT2D eigenvalue weighted by Gasteiger charge is 2.23. The molecule has 1 amide bonds. The number of fused-ring (bicyclic) bond motifs is 1. The molecular weight excluding hydrogens is 392 g/mol. The monoisotopic (exact) mass is 413 g/mol. The number of amides is 1. The normalized spacial score (nSPS) is 10.6. The van der Waals surface area contributed by atoms with E-state index in [0.29, 0.717) is 29.9 Å². The second-order valence-electron chi connectivity index (χ2n) is 6.91. The molecule has 0 unspecified atom stereocenters. The van der Waals surface area contributed by atoms with Crippen molar-refractivity contribution in [3.63, 3.8) is 0 Å². The number of nitrogens with one attached hydrogen (secondary N) is 1. The first-order valence-corrected chi connectivity index (χ1v) is 9.64. The summed E-state index contributed by atoms with van der Waals surface area (Å²) < 4.78 is 7.70. The molecule has 2 heterocycles. The molecule has 0 bridgehead atoms. The topological polar surface area (TPSA) is 101 Å². The number of hydrogen-bond acceptors (Lipinski definition) is 5. The first-order valence-electron chi connectivity index (χ1n) is 9.64. The number of terminal acetylenes is 1. The van der Waals surface area contributed by atoms with Crippen molar-refractivity contribution in [1.82, 2.24) is 20.0 Å². The molecular formula is C23H21N6O2+. The summed E-state index contributed by atoms with van der Waals surface area (Å²) >= 11 is 0. The number of nitrogens with zero attached hydrogens (tertiary/aromatic N) is 4. The highest BCUT2D eigenvalue weighted by atomic mass is 16.5. The first kappa shape index (κ1) is 19.9. The molecule has 0 saturated heterocycles. The summed E-state index contributed by atoms with van der Waals surface area (Å²) in [5.74, 6) is 3.59. The lowest BCUT2D eigenvalue weighted by molar-refractivity contribution is -0.726. The number of aromatic nitrogens is 4. The number of likely N-dealkylation sites (N-methyl/N-ethyl adjacent to an activating group) is 1. The molecule has 0 radical (unpaired) electrons. The van der Waals surface area contributed by atoms with Gasteiger partial charge in [-0.05, 0) is 47.3 Å². The molecule has 0 saturated carbocycles. The third-order valence-electron chi connectivity index (χ3n) is 4.86. The van der Waals surface area contributed by atoms with Crippen LogP contribution in [0.1, 0.15) is 0 Å². The standard InChI is InChI=1S/C23H20N6O2/c1-3-19(30)28(2)13-14-29-23-20(22(24)25-15-26-23)21(27-29)16-9-11-18(12-10-16)31-17-7-5-4-6-8-17/h1,4-12,15H,13-14H2,2H3,(H2,24,25,26,27)/p+1. The van der Waals surface area contributed by atoms with E-state index in [-0.39, 0.29) is 5.91 Å². The van der Waals surface area contributed by atoms with Gasteiger partial charge in [0.05, 0.1) is 6.54 Å². The zero-order chi connectivity index (χ0) is 21.8. The zero-order valence-electron chi connectivity index (χ0n) is 16.9. The van der Waals surface area contributed by atoms with Crippen LogP contribution >= 0.6 is 0 Å². The fourth-order valence-corrected chi connectivity index (χ4v) is 3.22. The van der Waals surface area contributed by atoms with Crippen molar-refractivity contribution in [3.05, 3.63) is 60.9 Å². The van der Waals surface area contributed by atoms with Crippen molar-refractivity contribution in [2.75, 3.05) is 19.3 Å². The summed E-state index contributed by atoms with van der Waals surface area (Å²) in [6.07, 6.45) is 6.61. The van der Waals surface area contributed by atoms with Gasteiger partial charge < -0.3 is 15.4 Å². The van der Waals surface area contributed by atoms with Gasteiger partial charge in [0.15, 0.2) is 0 Å². The molecule has 4 rings (SSSR count). The smallest absolute Gasteiger partial charge is 0.356 e. The average molecular weight is 413 g/mol. The van der Waals surface area contributed by atoms with E-state index in [2.05, 4.69) is 21.0 Å². The molecule has 2 aromatic carbocycles. The summed E-state index contributed by atoms with van der Waals surface area (Å²) in [5, 5.41) is 4.05. The van der Waals surface area contributed by atoms with Crippen LogP contribution in [-0.4, -0.2) is 39.5 Å². The number of carbonyl (C=O) groups is 1. The second-order valence-corrected chi connectivity index (χ2v) is 6.91. The molecule has 0 atom stereocenters. The quantitative estimate of drug-likeness (QED) is 0.373. The maximum absolute atomic E-state index is 11.7. The maximum Gasteiger partial charge on any atom is 0.356 e. The molecule has 31 heavy (non-hydrogen) atoms. The largest absolute Gasteiger partial charge is 0.457 e. The molecule has 0 aliphatic heterocycles. The second kappa shape index (κ2) is 8.55. The fraction of sp³-hybridized carbons (Fsp3) is 0.130. The number of ether oxygens (including phenoxy) is 1. The van der Waals surface area contributed by atoms with Gasteiger partial charge in [-0.3, -0.25) is 4.79 Å². The van der Waals surface area contributed by atoms with Crippen LogP contribution < -0.4 is 15.2 Å². The first-order chi connectivity index (χ1) is 15.1. The lowest BCUT2D eigenvalue weighted by Gasteiger charge is -2.11. The number of nitrogen functional groups attached to an aromatic ring is 1. The van der Waals surface area contributed by atoms with Gasteiger partial charge in [0.25, 0.3) is 5.91 Å². The Morgan fingerprint density at radius 3 is 2.58 bits per heavy atom. The Balaban J connectivity index is 1.64. The van der Waals surface area contributed by atoms with Crippen molar-refractivity contribution in [1.29, 1.82) is 0 Å². The number of anilines is 1. The third-order valence-corrected chi connectivity index (χ3v) is 4.86. The highest BCUT2D eigenvalue weighted by molar-refractivity contribution is 5.96. The number of aromatic amines is 1. The minimum Gasteiger partial charge on any atom is -0.457 e. The molecule has 0 aliphatic carbocycles. The van der Waals surface area contributed by atoms with Gasteiger partial charge >= 0.3 is 5.65 Å². The Bertz CT molecular complexity index is 1260. The molecule has 0 spiro atoms. The van der Waals surface area contributed by atoms with Crippen LogP contribution in [0.5, 0.6) is 11.5 Å². The van der Waals surface area contributed by atoms with Crippen LogP contribution in [0.15, 0.2) is 60.9 Å². The number of H-pyrrole nitrogens is 1. The SMILES string of the molecule is C#CC(=O)N(C)CC[n+]1[nH]c(-c2ccc(Oc3ccccc3)cc2)c2c(N)ncnc21. The molecule has 0 aliphatic rings. The van der Waals surface area contributed by atoms with Crippen molar-refractivity contribution in [3.8, 4) is 35.1 Å². The summed E-state index contributed by atoms with van der Waals surface area (Å²) in [5.41, 5.74) is 8.50. The predicted molar refractivity (Wildman–Crippen MR) is 117 cm³/mol. The number of nitrogens with two attached hydrogens (primary N) is 1. The van der Waals surface area contributed by atoms with Crippen molar-refractivity contribution >= 4 is 22.8 Å². The van der Waals surface area contributed by atoms with Crippen LogP contribution in [-0.2, 0) is 11.3 Å². The van der Waals surface area contributed by atoms with Crippen molar-refractivity contribution in [2.45, 2.75) is 6.54 Å². The Morgan fingerprint density at radius 1 is 1.16 bits per heavy atom. The number of carbonyl (C=O) groups excluding carboxylic acids is 1. The van der Waals surface area contributed by atoms with Crippen LogP contribution in [0.4, 0.5) is 5.82 Å². The number of rotatable bonds is 6. The average Bonchev–Trinajstić information content (AvgIpc) is 3.18. The van der Waals surface area contributed by atoms with Gasteiger partial charge in [-0.2, -0.15) is 9.67 Å². The van der Waals surface area contributed by atoms with E-state index in [0.717, 1.165) is 22.8 Å². The highest BCUT2D eigenvalue weighted by Crippen LogP contribution is 2.30. The van der Waals surface area contributed by atoms with E-state index >= 15 is 0 Å². The van der Waals surface area contributed by atoms with E-state index in [1.807, 2.05) is 59.3 Å². The summed E-state index contributed by atoms with van der Waals surface area (Å²) in [6, 6.07) is 17.2. The number of hydrogen-bond donors (Lipinski definition) is 2. The Kier molecular flexibility index (Phi) is 5.49. The molecule has 8 nitrogen and oxygen atoms in total. The minimum absolute atomic E-state index is 0.368. The van der Waals surface area contributed by atoms with E-state index in [4.69, 9.17) is 16.9 Å². The number of benzene rings is 2. The zero-order valence-corrected chi connectivity index (χ0v) is 16.9. The Hall–Kier alpha value is -4.38. The van der Waals surface area contributed by atoms with Gasteiger partial charge in [-0.1, -0.05) is 18.2 Å². The van der Waals surface area contributed by atoms with Gasteiger partial charge in [0, 0.05) is 12.6 Å². The predicted octanol–water partition coefficient (Wildman–Crippen LogP) is 2.38. The van der Waals surface area contributed by atoms with Crippen LogP contribution in [0.2, 0.25) is 0 Å². The van der Waals surface area contributed by atoms with E-state index in [1.54, 1.807) is 7.05 Å². The van der Waals surface area contributed by atoms with E-state index in [9.17, 15) is 4.79 Å². The Morgan fingerprint density at radius 2 is 1.87 bits per heavy atom. The van der Waals surface area contributed by atoms with Crippen molar-refractivity contribution < 1.29 is 14.2 Å². The van der Waals surface area contributed by atoms with E-state index < -0.39 is 0 Å². The van der Waals surface area contributed by atoms with Crippen LogP contribution in [0.25, 0.3) is 22.3 Å². The molecule has 154 valence electrons. The summed E-state index contributed by atoms with van der Waals surface area (Å²) in [4.78, 5) is 21.6. The third kappa shape index (κ3) is 4.16. The lowest BCUT2D eigenvalue weighted by atomic mass is 10.1.